The molecule has 0 radical (unpaired) electrons. The molecule has 0 aliphatic rings. The molecule has 4 nitrogen and oxygen atoms in total. The molecule has 0 fully saturated rings. The molecule has 1 unspecified atom stereocenters. The Morgan fingerprint density at radius 3 is 2.58 bits per heavy atom. The Labute approximate surface area is 153 Å². The van der Waals surface area contributed by atoms with E-state index in [0.717, 1.165) is 29.4 Å². The number of aromatic nitrogens is 4. The van der Waals surface area contributed by atoms with Gasteiger partial charge in [-0.15, -0.1) is 0 Å². The largest absolute Gasteiger partial charge is 0.261 e. The third-order valence-corrected chi connectivity index (χ3v) is 5.08. The molecule has 0 bridgehead atoms. The van der Waals surface area contributed by atoms with Crippen LogP contribution in [0.4, 0.5) is 0 Å². The smallest absolute Gasteiger partial charge is 0.155 e. The van der Waals surface area contributed by atoms with Crippen LogP contribution in [0.5, 0.6) is 0 Å². The van der Waals surface area contributed by atoms with Crippen LogP contribution in [0.15, 0.2) is 48.9 Å². The van der Waals surface area contributed by atoms with E-state index in [9.17, 15) is 0 Å². The van der Waals surface area contributed by atoms with E-state index in [1.165, 1.54) is 22.1 Å². The summed E-state index contributed by atoms with van der Waals surface area (Å²) in [7, 11) is 0. The molecule has 0 saturated carbocycles. The minimum absolute atomic E-state index is 0.478. The zero-order valence-corrected chi connectivity index (χ0v) is 15.5. The fourth-order valence-corrected chi connectivity index (χ4v) is 3.99. The molecule has 3 heterocycles. The molecule has 0 spiro atoms. The maximum absolute atomic E-state index is 4.52. The fourth-order valence-electron chi connectivity index (χ4n) is 3.99. The number of hydrogen-bond acceptors (Lipinski definition) is 3. The second-order valence-electron chi connectivity index (χ2n) is 7.48. The molecular formula is C22H24N4. The predicted molar refractivity (Wildman–Crippen MR) is 106 cm³/mol. The summed E-state index contributed by atoms with van der Waals surface area (Å²) in [5.74, 6) is 1.01. The first kappa shape index (κ1) is 16.7. The van der Waals surface area contributed by atoms with E-state index in [-0.39, 0.29) is 0 Å². The molecule has 4 heteroatoms. The van der Waals surface area contributed by atoms with Crippen molar-refractivity contribution in [1.29, 1.82) is 0 Å². The van der Waals surface area contributed by atoms with E-state index >= 15 is 0 Å². The van der Waals surface area contributed by atoms with Gasteiger partial charge in [0.2, 0.25) is 0 Å². The van der Waals surface area contributed by atoms with Gasteiger partial charge in [-0.05, 0) is 59.6 Å². The number of aromatic amines is 1. The summed E-state index contributed by atoms with van der Waals surface area (Å²) < 4.78 is 0. The van der Waals surface area contributed by atoms with Gasteiger partial charge in [-0.1, -0.05) is 32.9 Å². The van der Waals surface area contributed by atoms with Gasteiger partial charge in [-0.25, -0.2) is 4.98 Å². The predicted octanol–water partition coefficient (Wildman–Crippen LogP) is 5.05. The molecule has 0 saturated heterocycles. The molecule has 1 atom stereocenters. The highest BCUT2D eigenvalue weighted by atomic mass is 15.1. The Hall–Kier alpha value is -2.75. The second kappa shape index (κ2) is 6.87. The maximum Gasteiger partial charge on any atom is 0.155 e. The zero-order valence-electron chi connectivity index (χ0n) is 15.5. The Balaban J connectivity index is 1.64. The molecular weight excluding hydrogens is 320 g/mol. The highest BCUT2D eigenvalue weighted by Gasteiger charge is 2.15. The van der Waals surface area contributed by atoms with Gasteiger partial charge in [0, 0.05) is 23.2 Å². The van der Waals surface area contributed by atoms with Crippen molar-refractivity contribution in [2.24, 2.45) is 5.92 Å². The molecule has 1 N–H and O–H groups in total. The SMILES string of the molecule is CC(Cc1ccc2ncccc2c1C(C)C)Cc1ccnc2[nH]ncc12. The van der Waals surface area contributed by atoms with Crippen LogP contribution in [0.2, 0.25) is 0 Å². The standard InChI is InChI=1S/C22H24N4/c1-14(2)21-17(6-7-20-18(21)5-4-9-23-20)12-15(3)11-16-8-10-24-22-19(16)13-25-26-22/h4-10,13-15H,11-12H2,1-3H3,(H,24,25,26). The highest BCUT2D eigenvalue weighted by molar-refractivity contribution is 5.84. The van der Waals surface area contributed by atoms with Crippen LogP contribution in [0.1, 0.15) is 43.4 Å². The highest BCUT2D eigenvalue weighted by Crippen LogP contribution is 2.30. The number of nitrogens with one attached hydrogen (secondary N) is 1. The number of fused-ring (bicyclic) bond motifs is 2. The van der Waals surface area contributed by atoms with Gasteiger partial charge in [-0.2, -0.15) is 5.10 Å². The third kappa shape index (κ3) is 3.07. The normalized spacial score (nSPS) is 12.9. The van der Waals surface area contributed by atoms with Crippen LogP contribution in [0.3, 0.4) is 0 Å². The van der Waals surface area contributed by atoms with E-state index in [4.69, 9.17) is 0 Å². The fraction of sp³-hybridized carbons (Fsp3) is 0.318. The van der Waals surface area contributed by atoms with Crippen molar-refractivity contribution in [3.05, 3.63) is 65.6 Å². The molecule has 0 aliphatic carbocycles. The van der Waals surface area contributed by atoms with Crippen LogP contribution in [0, 0.1) is 5.92 Å². The third-order valence-electron chi connectivity index (χ3n) is 5.08. The van der Waals surface area contributed by atoms with Crippen LogP contribution < -0.4 is 0 Å². The van der Waals surface area contributed by atoms with Crippen molar-refractivity contribution in [2.75, 3.05) is 0 Å². The van der Waals surface area contributed by atoms with E-state index < -0.39 is 0 Å². The summed E-state index contributed by atoms with van der Waals surface area (Å²) in [6.45, 7) is 6.87. The Morgan fingerprint density at radius 2 is 1.73 bits per heavy atom. The van der Waals surface area contributed by atoms with Crippen molar-refractivity contribution in [2.45, 2.75) is 39.5 Å². The lowest BCUT2D eigenvalue weighted by Gasteiger charge is -2.19. The number of nitrogens with zero attached hydrogens (tertiary/aromatic N) is 3. The van der Waals surface area contributed by atoms with Gasteiger partial charge >= 0.3 is 0 Å². The Bertz CT molecular complexity index is 1050. The first-order valence-corrected chi connectivity index (χ1v) is 9.27. The Kier molecular flexibility index (Phi) is 4.41. The average molecular weight is 344 g/mol. The summed E-state index contributed by atoms with van der Waals surface area (Å²) in [6.07, 6.45) is 7.69. The minimum Gasteiger partial charge on any atom is -0.261 e. The zero-order chi connectivity index (χ0) is 18.1. The molecule has 1 aromatic carbocycles. The topological polar surface area (TPSA) is 54.5 Å². The van der Waals surface area contributed by atoms with Gasteiger partial charge in [0.15, 0.2) is 5.65 Å². The van der Waals surface area contributed by atoms with Crippen molar-refractivity contribution < 1.29 is 0 Å². The lowest BCUT2D eigenvalue weighted by Crippen LogP contribution is -2.08. The quantitative estimate of drug-likeness (QED) is 0.551. The van der Waals surface area contributed by atoms with Crippen LogP contribution in [0.25, 0.3) is 21.9 Å². The van der Waals surface area contributed by atoms with Crippen molar-refractivity contribution >= 4 is 21.9 Å². The van der Waals surface area contributed by atoms with Crippen molar-refractivity contribution in [3.8, 4) is 0 Å². The molecule has 0 aliphatic heterocycles. The molecule has 132 valence electrons. The average Bonchev–Trinajstić information content (AvgIpc) is 3.11. The van der Waals surface area contributed by atoms with Crippen molar-refractivity contribution in [1.82, 2.24) is 20.2 Å². The number of rotatable bonds is 5. The molecule has 26 heavy (non-hydrogen) atoms. The lowest BCUT2D eigenvalue weighted by atomic mass is 9.86. The van der Waals surface area contributed by atoms with Crippen LogP contribution in [-0.4, -0.2) is 20.2 Å². The summed E-state index contributed by atoms with van der Waals surface area (Å²) in [5.41, 5.74) is 6.14. The van der Waals surface area contributed by atoms with Crippen molar-refractivity contribution in [3.63, 3.8) is 0 Å². The van der Waals surface area contributed by atoms with Crippen LogP contribution >= 0.6 is 0 Å². The van der Waals surface area contributed by atoms with E-state index in [1.54, 1.807) is 0 Å². The number of H-pyrrole nitrogens is 1. The van der Waals surface area contributed by atoms with Gasteiger partial charge in [0.05, 0.1) is 11.7 Å². The first-order chi connectivity index (χ1) is 12.6. The number of benzene rings is 1. The van der Waals surface area contributed by atoms with Gasteiger partial charge in [0.25, 0.3) is 0 Å². The monoisotopic (exact) mass is 344 g/mol. The summed E-state index contributed by atoms with van der Waals surface area (Å²) in [5, 5.41) is 9.51. The first-order valence-electron chi connectivity index (χ1n) is 9.27. The number of hydrogen-bond donors (Lipinski definition) is 1. The summed E-state index contributed by atoms with van der Waals surface area (Å²) >= 11 is 0. The van der Waals surface area contributed by atoms with Crippen LogP contribution in [-0.2, 0) is 12.8 Å². The molecule has 4 aromatic rings. The lowest BCUT2D eigenvalue weighted by molar-refractivity contribution is 0.575. The van der Waals surface area contributed by atoms with E-state index in [1.807, 2.05) is 24.7 Å². The number of pyridine rings is 2. The van der Waals surface area contributed by atoms with Gasteiger partial charge in [-0.3, -0.25) is 10.1 Å². The molecule has 4 rings (SSSR count). The minimum atomic E-state index is 0.478. The Morgan fingerprint density at radius 1 is 0.885 bits per heavy atom. The van der Waals surface area contributed by atoms with E-state index in [0.29, 0.717) is 11.8 Å². The van der Waals surface area contributed by atoms with Gasteiger partial charge < -0.3 is 0 Å². The maximum atomic E-state index is 4.52. The molecule has 3 aromatic heterocycles. The van der Waals surface area contributed by atoms with E-state index in [2.05, 4.69) is 65.2 Å². The summed E-state index contributed by atoms with van der Waals surface area (Å²) in [6, 6.07) is 10.8. The summed E-state index contributed by atoms with van der Waals surface area (Å²) in [4.78, 5) is 8.86. The van der Waals surface area contributed by atoms with Gasteiger partial charge in [0.1, 0.15) is 0 Å². The molecule has 0 amide bonds. The second-order valence-corrected chi connectivity index (χ2v) is 7.48.